The molecule has 0 atom stereocenters. The Morgan fingerprint density at radius 2 is 2.19 bits per heavy atom. The van der Waals surface area contributed by atoms with Crippen molar-refractivity contribution in [1.29, 1.82) is 0 Å². The lowest BCUT2D eigenvalue weighted by Gasteiger charge is -2.00. The van der Waals surface area contributed by atoms with Crippen molar-refractivity contribution < 1.29 is 0 Å². The third kappa shape index (κ3) is 5.14. The van der Waals surface area contributed by atoms with Crippen LogP contribution in [0.15, 0.2) is 34.3 Å². The molecular formula is C11H15N3S2. The van der Waals surface area contributed by atoms with Gasteiger partial charge in [-0.25, -0.2) is 0 Å². The van der Waals surface area contributed by atoms with Crippen molar-refractivity contribution in [3.05, 3.63) is 29.8 Å². The summed E-state index contributed by atoms with van der Waals surface area (Å²) in [6.07, 6.45) is 2.87. The number of hydrogen-bond acceptors (Lipinski definition) is 3. The van der Waals surface area contributed by atoms with Crippen LogP contribution in [-0.2, 0) is 0 Å². The fourth-order valence-corrected chi connectivity index (χ4v) is 1.86. The molecule has 86 valence electrons. The summed E-state index contributed by atoms with van der Waals surface area (Å²) >= 11 is 6.49. The zero-order valence-corrected chi connectivity index (χ0v) is 10.8. The lowest BCUT2D eigenvalue weighted by atomic mass is 10.2. The number of nitrogens with zero attached hydrogens (tertiary/aromatic N) is 1. The Morgan fingerprint density at radius 3 is 2.75 bits per heavy atom. The van der Waals surface area contributed by atoms with E-state index >= 15 is 0 Å². The molecule has 0 aliphatic heterocycles. The summed E-state index contributed by atoms with van der Waals surface area (Å²) in [6, 6.07) is 8.20. The molecule has 0 aliphatic rings. The number of thioether (sulfide) groups is 1. The van der Waals surface area contributed by atoms with Crippen LogP contribution in [0.4, 0.5) is 0 Å². The number of nitrogens with two attached hydrogens (primary N) is 1. The van der Waals surface area contributed by atoms with E-state index in [4.69, 9.17) is 5.73 Å². The molecule has 1 rings (SSSR count). The summed E-state index contributed by atoms with van der Waals surface area (Å²) in [7, 11) is 0. The summed E-state index contributed by atoms with van der Waals surface area (Å²) in [5.74, 6) is 1.15. The van der Waals surface area contributed by atoms with E-state index in [2.05, 4.69) is 41.8 Å². The molecule has 0 saturated heterocycles. The van der Waals surface area contributed by atoms with Crippen LogP contribution in [0.5, 0.6) is 0 Å². The molecule has 3 N–H and O–H groups in total. The maximum Gasteiger partial charge on any atom is 0.184 e. The number of hydrazone groups is 1. The normalized spacial score (nSPS) is 10.6. The fourth-order valence-electron chi connectivity index (χ4n) is 1.04. The van der Waals surface area contributed by atoms with E-state index in [0.717, 1.165) is 11.3 Å². The van der Waals surface area contributed by atoms with Crippen LogP contribution in [0.2, 0.25) is 0 Å². The van der Waals surface area contributed by atoms with Crippen LogP contribution in [0.1, 0.15) is 18.9 Å². The van der Waals surface area contributed by atoms with Crippen LogP contribution in [-0.4, -0.2) is 17.1 Å². The van der Waals surface area contributed by atoms with Gasteiger partial charge in [-0.15, -0.1) is 11.8 Å². The first-order valence-electron chi connectivity index (χ1n) is 5.03. The van der Waals surface area contributed by atoms with E-state index in [1.54, 1.807) is 6.21 Å². The molecule has 0 aliphatic carbocycles. The minimum atomic E-state index is 0.173. The zero-order chi connectivity index (χ0) is 11.8. The third-order valence-corrected chi connectivity index (χ3v) is 3.05. The van der Waals surface area contributed by atoms with Gasteiger partial charge in [0, 0.05) is 4.90 Å². The molecule has 16 heavy (non-hydrogen) atoms. The highest BCUT2D eigenvalue weighted by molar-refractivity contribution is 7.99. The predicted molar refractivity (Wildman–Crippen MR) is 75.0 cm³/mol. The van der Waals surface area contributed by atoms with Crippen molar-refractivity contribution in [3.63, 3.8) is 0 Å². The van der Waals surface area contributed by atoms with E-state index < -0.39 is 0 Å². The molecule has 0 spiro atoms. The molecule has 0 unspecified atom stereocenters. The van der Waals surface area contributed by atoms with Gasteiger partial charge in [-0.05, 0) is 42.1 Å². The van der Waals surface area contributed by atoms with Gasteiger partial charge in [-0.2, -0.15) is 5.10 Å². The van der Waals surface area contributed by atoms with Gasteiger partial charge in [0.2, 0.25) is 0 Å². The van der Waals surface area contributed by atoms with Gasteiger partial charge in [-0.3, -0.25) is 5.43 Å². The highest BCUT2D eigenvalue weighted by Gasteiger charge is 1.93. The van der Waals surface area contributed by atoms with E-state index in [-0.39, 0.29) is 5.11 Å². The highest BCUT2D eigenvalue weighted by atomic mass is 32.2. The Hall–Kier alpha value is -1.07. The van der Waals surface area contributed by atoms with Crippen LogP contribution in [0.25, 0.3) is 0 Å². The first kappa shape index (κ1) is 13.0. The topological polar surface area (TPSA) is 50.4 Å². The average Bonchev–Trinajstić information content (AvgIpc) is 2.27. The van der Waals surface area contributed by atoms with Crippen molar-refractivity contribution in [2.24, 2.45) is 10.8 Å². The molecular weight excluding hydrogens is 238 g/mol. The first-order valence-corrected chi connectivity index (χ1v) is 6.43. The lowest BCUT2D eigenvalue weighted by molar-refractivity contribution is 1.04. The van der Waals surface area contributed by atoms with Gasteiger partial charge < -0.3 is 5.73 Å². The van der Waals surface area contributed by atoms with Crippen LogP contribution >= 0.6 is 24.0 Å². The van der Waals surface area contributed by atoms with Gasteiger partial charge in [0.1, 0.15) is 0 Å². The molecule has 0 amide bonds. The maximum absolute atomic E-state index is 5.24. The van der Waals surface area contributed by atoms with E-state index in [0.29, 0.717) is 0 Å². The number of thiocarbonyl (C=S) groups is 1. The summed E-state index contributed by atoms with van der Waals surface area (Å²) < 4.78 is 0. The highest BCUT2D eigenvalue weighted by Crippen LogP contribution is 2.18. The quantitative estimate of drug-likeness (QED) is 0.366. The second-order valence-electron chi connectivity index (χ2n) is 3.15. The van der Waals surface area contributed by atoms with Crippen molar-refractivity contribution in [2.75, 3.05) is 5.75 Å². The number of hydrogen-bond donors (Lipinski definition) is 2. The minimum absolute atomic E-state index is 0.173. The first-order chi connectivity index (χ1) is 7.72. The smallest absolute Gasteiger partial charge is 0.184 e. The summed E-state index contributed by atoms with van der Waals surface area (Å²) in [5, 5.41) is 4.06. The van der Waals surface area contributed by atoms with Crippen LogP contribution in [0.3, 0.4) is 0 Å². The van der Waals surface area contributed by atoms with E-state index in [1.807, 2.05) is 23.9 Å². The number of rotatable bonds is 5. The molecule has 3 nitrogen and oxygen atoms in total. The average molecular weight is 253 g/mol. The Morgan fingerprint density at radius 1 is 1.50 bits per heavy atom. The predicted octanol–water partition coefficient (Wildman–Crippen LogP) is 2.36. The Bertz CT molecular complexity index is 360. The molecule has 1 aromatic carbocycles. The Balaban J connectivity index is 2.50. The summed E-state index contributed by atoms with van der Waals surface area (Å²) in [4.78, 5) is 1.28. The fraction of sp³-hybridized carbons (Fsp3) is 0.273. The number of nitrogens with one attached hydrogen (secondary N) is 1. The largest absolute Gasteiger partial charge is 0.375 e. The third-order valence-electron chi connectivity index (χ3n) is 1.74. The molecule has 1 aromatic rings. The standard InChI is InChI=1S/C11H15N3S2/c1-2-7-16-10-5-3-9(4-6-10)8-13-14-11(12)15/h3-6,8H,2,7H2,1H3,(H3,12,14,15). The van der Waals surface area contributed by atoms with Crippen LogP contribution in [0, 0.1) is 0 Å². The van der Waals surface area contributed by atoms with Crippen molar-refractivity contribution >= 4 is 35.3 Å². The molecule has 0 aromatic heterocycles. The van der Waals surface area contributed by atoms with Gasteiger partial charge in [0.15, 0.2) is 5.11 Å². The summed E-state index contributed by atoms with van der Waals surface area (Å²) in [5.41, 5.74) is 8.77. The van der Waals surface area contributed by atoms with Gasteiger partial charge >= 0.3 is 0 Å². The van der Waals surface area contributed by atoms with Crippen molar-refractivity contribution in [2.45, 2.75) is 18.2 Å². The molecule has 0 fully saturated rings. The Labute approximate surface area is 105 Å². The van der Waals surface area contributed by atoms with Gasteiger partial charge in [-0.1, -0.05) is 19.1 Å². The minimum Gasteiger partial charge on any atom is -0.375 e. The SMILES string of the molecule is CCCSc1ccc(C=NNC(N)=S)cc1. The van der Waals surface area contributed by atoms with Crippen molar-refractivity contribution in [1.82, 2.24) is 5.43 Å². The molecule has 5 heteroatoms. The van der Waals surface area contributed by atoms with Gasteiger partial charge in [0.25, 0.3) is 0 Å². The monoisotopic (exact) mass is 253 g/mol. The second-order valence-corrected chi connectivity index (χ2v) is 4.76. The van der Waals surface area contributed by atoms with E-state index in [1.165, 1.54) is 11.3 Å². The second kappa shape index (κ2) is 7.24. The van der Waals surface area contributed by atoms with Crippen molar-refractivity contribution in [3.8, 4) is 0 Å². The van der Waals surface area contributed by atoms with Crippen LogP contribution < -0.4 is 11.2 Å². The molecule has 0 saturated carbocycles. The molecule has 0 radical (unpaired) electrons. The van der Waals surface area contributed by atoms with E-state index in [9.17, 15) is 0 Å². The summed E-state index contributed by atoms with van der Waals surface area (Å²) in [6.45, 7) is 2.18. The maximum atomic E-state index is 5.24. The lowest BCUT2D eigenvalue weighted by Crippen LogP contribution is -2.23. The Kier molecular flexibility index (Phi) is 5.88. The molecule has 0 bridgehead atoms. The van der Waals surface area contributed by atoms with Gasteiger partial charge in [0.05, 0.1) is 6.21 Å². The zero-order valence-electron chi connectivity index (χ0n) is 9.14. The molecule has 0 heterocycles. The number of benzene rings is 1.